The third-order valence-electron chi connectivity index (χ3n) is 6.72. The first kappa shape index (κ1) is 25.4. The van der Waals surface area contributed by atoms with Gasteiger partial charge in [-0.15, -0.1) is 0 Å². The zero-order valence-electron chi connectivity index (χ0n) is 20.8. The van der Waals surface area contributed by atoms with Gasteiger partial charge in [0.2, 0.25) is 0 Å². The molecule has 2 aliphatic rings. The van der Waals surface area contributed by atoms with Gasteiger partial charge in [-0.2, -0.15) is 0 Å². The van der Waals surface area contributed by atoms with Crippen LogP contribution in [0, 0.1) is 12.7 Å². The van der Waals surface area contributed by atoms with E-state index in [0.29, 0.717) is 64.7 Å². The molecule has 4 heterocycles. The second-order valence-electron chi connectivity index (χ2n) is 9.15. The van der Waals surface area contributed by atoms with Gasteiger partial charge in [-0.05, 0) is 43.2 Å². The second-order valence-corrected chi connectivity index (χ2v) is 10.8. The van der Waals surface area contributed by atoms with E-state index in [-0.39, 0.29) is 17.3 Å². The maximum Gasteiger partial charge on any atom is 0.267 e. The minimum absolute atomic E-state index is 0.174. The lowest BCUT2D eigenvalue weighted by Crippen LogP contribution is -2.47. The number of nitrogens with zero attached hydrogens (tertiary/aromatic N) is 5. The lowest BCUT2D eigenvalue weighted by atomic mass is 10.2. The Kier molecular flexibility index (Phi) is 7.30. The van der Waals surface area contributed by atoms with Crippen LogP contribution in [0.4, 0.5) is 15.9 Å². The number of halogens is 1. The van der Waals surface area contributed by atoms with Crippen molar-refractivity contribution in [2.45, 2.75) is 26.7 Å². The highest BCUT2D eigenvalue weighted by Crippen LogP contribution is 2.34. The van der Waals surface area contributed by atoms with Crippen molar-refractivity contribution in [2.75, 3.05) is 42.5 Å². The zero-order chi connectivity index (χ0) is 26.1. The van der Waals surface area contributed by atoms with E-state index in [9.17, 15) is 14.0 Å². The van der Waals surface area contributed by atoms with Gasteiger partial charge in [-0.25, -0.2) is 9.37 Å². The molecule has 7 nitrogen and oxygen atoms in total. The van der Waals surface area contributed by atoms with E-state index in [4.69, 9.17) is 17.2 Å². The number of carbonyl (C=O) groups excluding carboxylic acids is 1. The Labute approximate surface area is 224 Å². The molecule has 0 bridgehead atoms. The SMILES string of the molecule is CCCCN1C(=O)/C(=C/c2c(N3CCN(c4ccccc4F)CC3)nc3c(C)cccn3c2=O)SC1=S. The number of aromatic nitrogens is 2. The van der Waals surface area contributed by atoms with Crippen LogP contribution in [0.25, 0.3) is 11.7 Å². The molecular formula is C27H28FN5O2S2. The molecule has 2 aliphatic heterocycles. The monoisotopic (exact) mass is 537 g/mol. The summed E-state index contributed by atoms with van der Waals surface area (Å²) in [6.07, 6.45) is 5.15. The van der Waals surface area contributed by atoms with E-state index in [2.05, 4.69) is 11.8 Å². The number of hydrogen-bond acceptors (Lipinski definition) is 7. The number of anilines is 2. The number of fused-ring (bicyclic) bond motifs is 1. The van der Waals surface area contributed by atoms with Gasteiger partial charge in [0.05, 0.1) is 16.2 Å². The fraction of sp³-hybridized carbons (Fsp3) is 0.333. The third kappa shape index (κ3) is 4.87. The van der Waals surface area contributed by atoms with Crippen LogP contribution in [0.3, 0.4) is 0 Å². The number of piperazine rings is 1. The average Bonchev–Trinajstić information content (AvgIpc) is 3.17. The maximum atomic E-state index is 14.4. The first-order chi connectivity index (χ1) is 17.9. The molecule has 0 unspecified atom stereocenters. The van der Waals surface area contributed by atoms with Crippen molar-refractivity contribution >= 4 is 57.4 Å². The minimum atomic E-state index is -0.251. The van der Waals surface area contributed by atoms with Crippen molar-refractivity contribution in [3.05, 3.63) is 74.8 Å². The molecule has 0 saturated carbocycles. The van der Waals surface area contributed by atoms with E-state index >= 15 is 0 Å². The van der Waals surface area contributed by atoms with E-state index in [1.54, 1.807) is 29.3 Å². The maximum absolute atomic E-state index is 14.4. The lowest BCUT2D eigenvalue weighted by molar-refractivity contribution is -0.122. The second kappa shape index (κ2) is 10.6. The Hall–Kier alpha value is -3.24. The number of hydrogen-bond donors (Lipinski definition) is 0. The summed E-state index contributed by atoms with van der Waals surface area (Å²) in [7, 11) is 0. The van der Waals surface area contributed by atoms with Crippen LogP contribution in [0.5, 0.6) is 0 Å². The van der Waals surface area contributed by atoms with Crippen molar-refractivity contribution in [1.29, 1.82) is 0 Å². The molecule has 1 aromatic carbocycles. The summed E-state index contributed by atoms with van der Waals surface area (Å²) in [6, 6.07) is 10.5. The van der Waals surface area contributed by atoms with E-state index in [0.717, 1.165) is 18.4 Å². The number of thioether (sulfide) groups is 1. The highest BCUT2D eigenvalue weighted by Gasteiger charge is 2.33. The number of aryl methyl sites for hydroxylation is 1. The topological polar surface area (TPSA) is 61.2 Å². The molecule has 2 fully saturated rings. The minimum Gasteiger partial charge on any atom is -0.366 e. The average molecular weight is 538 g/mol. The first-order valence-corrected chi connectivity index (χ1v) is 13.6. The molecule has 0 N–H and O–H groups in total. The summed E-state index contributed by atoms with van der Waals surface area (Å²) in [5.41, 5.74) is 2.15. The number of benzene rings is 1. The molecule has 192 valence electrons. The Bertz CT molecular complexity index is 1460. The summed E-state index contributed by atoms with van der Waals surface area (Å²) >= 11 is 6.68. The molecule has 5 rings (SSSR count). The largest absolute Gasteiger partial charge is 0.366 e. The molecule has 37 heavy (non-hydrogen) atoms. The summed E-state index contributed by atoms with van der Waals surface area (Å²) in [5, 5.41) is 0. The molecule has 2 saturated heterocycles. The number of para-hydroxylation sites is 1. The normalized spacial score (nSPS) is 17.5. The van der Waals surface area contributed by atoms with Crippen molar-refractivity contribution in [2.24, 2.45) is 0 Å². The third-order valence-corrected chi connectivity index (χ3v) is 8.10. The van der Waals surface area contributed by atoms with Crippen LogP contribution in [0.2, 0.25) is 0 Å². The van der Waals surface area contributed by atoms with E-state index < -0.39 is 0 Å². The molecule has 0 aliphatic carbocycles. The predicted octanol–water partition coefficient (Wildman–Crippen LogP) is 4.47. The van der Waals surface area contributed by atoms with Gasteiger partial charge in [-0.1, -0.05) is 55.5 Å². The molecule has 0 atom stereocenters. The summed E-state index contributed by atoms with van der Waals surface area (Å²) in [4.78, 5) is 37.9. The summed E-state index contributed by atoms with van der Waals surface area (Å²) < 4.78 is 16.4. The molecule has 0 spiro atoms. The fourth-order valence-corrected chi connectivity index (χ4v) is 5.97. The molecular weight excluding hydrogens is 509 g/mol. The summed E-state index contributed by atoms with van der Waals surface area (Å²) in [6.45, 7) is 6.82. The molecule has 0 radical (unpaired) electrons. The van der Waals surface area contributed by atoms with Crippen molar-refractivity contribution < 1.29 is 9.18 Å². The summed E-state index contributed by atoms with van der Waals surface area (Å²) in [5.74, 6) is 0.109. The standard InChI is InChI=1S/C27H28FN5O2S2/c1-3-4-11-33-26(35)22(37-27(33)36)17-19-24(29-23-18(2)8-7-12-32(23)25(19)34)31-15-13-30(14-16-31)21-10-6-5-9-20(21)28/h5-10,12,17H,3-4,11,13-16H2,1-2H3/b22-17-. The van der Waals surface area contributed by atoms with Gasteiger partial charge in [0.15, 0.2) is 0 Å². The van der Waals surface area contributed by atoms with E-state index in [1.807, 2.05) is 30.0 Å². The Balaban J connectivity index is 1.53. The number of unbranched alkanes of at least 4 members (excludes halogenated alkanes) is 1. The molecule has 3 aromatic rings. The van der Waals surface area contributed by atoms with Crippen LogP contribution >= 0.6 is 24.0 Å². The van der Waals surface area contributed by atoms with Crippen molar-refractivity contribution in [3.63, 3.8) is 0 Å². The van der Waals surface area contributed by atoms with Crippen LogP contribution in [-0.2, 0) is 4.79 Å². The number of rotatable bonds is 6. The number of amides is 1. The Morgan fingerprint density at radius 1 is 1.08 bits per heavy atom. The predicted molar refractivity (Wildman–Crippen MR) is 152 cm³/mol. The van der Waals surface area contributed by atoms with Crippen LogP contribution in [0.15, 0.2) is 52.3 Å². The van der Waals surface area contributed by atoms with Gasteiger partial charge in [0, 0.05) is 38.9 Å². The zero-order valence-corrected chi connectivity index (χ0v) is 22.4. The van der Waals surface area contributed by atoms with Crippen molar-refractivity contribution in [1.82, 2.24) is 14.3 Å². The van der Waals surface area contributed by atoms with Gasteiger partial charge in [0.25, 0.3) is 11.5 Å². The number of pyridine rings is 1. The Morgan fingerprint density at radius 3 is 2.54 bits per heavy atom. The molecule has 10 heteroatoms. The first-order valence-electron chi connectivity index (χ1n) is 12.4. The van der Waals surface area contributed by atoms with Gasteiger partial charge >= 0.3 is 0 Å². The van der Waals surface area contributed by atoms with Crippen LogP contribution < -0.4 is 15.4 Å². The number of thiocarbonyl (C=S) groups is 1. The highest BCUT2D eigenvalue weighted by atomic mass is 32.2. The van der Waals surface area contributed by atoms with E-state index in [1.165, 1.54) is 22.2 Å². The smallest absolute Gasteiger partial charge is 0.267 e. The van der Waals surface area contributed by atoms with Gasteiger partial charge in [0.1, 0.15) is 21.6 Å². The van der Waals surface area contributed by atoms with Crippen LogP contribution in [0.1, 0.15) is 30.9 Å². The fourth-order valence-electron chi connectivity index (χ4n) is 4.68. The lowest BCUT2D eigenvalue weighted by Gasteiger charge is -2.37. The Morgan fingerprint density at radius 2 is 1.81 bits per heavy atom. The number of carbonyl (C=O) groups is 1. The molecule has 1 amide bonds. The van der Waals surface area contributed by atoms with Crippen LogP contribution in [-0.4, -0.2) is 57.2 Å². The molecule has 2 aromatic heterocycles. The van der Waals surface area contributed by atoms with Gasteiger partial charge < -0.3 is 9.80 Å². The highest BCUT2D eigenvalue weighted by molar-refractivity contribution is 8.26. The van der Waals surface area contributed by atoms with Gasteiger partial charge in [-0.3, -0.25) is 18.9 Å². The van der Waals surface area contributed by atoms with Crippen molar-refractivity contribution in [3.8, 4) is 0 Å². The quantitative estimate of drug-likeness (QED) is 0.340.